The molecular formula is C62H54N2O2. The van der Waals surface area contributed by atoms with Crippen molar-refractivity contribution in [2.75, 3.05) is 10.6 Å². The molecule has 4 heteroatoms. The molecule has 4 aliphatic carbocycles. The monoisotopic (exact) mass is 858 g/mol. The summed E-state index contributed by atoms with van der Waals surface area (Å²) in [5, 5.41) is 6.79. The van der Waals surface area contributed by atoms with Gasteiger partial charge in [-0.15, -0.1) is 0 Å². The van der Waals surface area contributed by atoms with Crippen LogP contribution in [0.2, 0.25) is 0 Å². The molecule has 0 atom stereocenters. The molecule has 4 saturated carbocycles. The molecule has 4 fully saturated rings. The van der Waals surface area contributed by atoms with E-state index < -0.39 is 21.7 Å². The van der Waals surface area contributed by atoms with Crippen LogP contribution in [0.3, 0.4) is 0 Å². The summed E-state index contributed by atoms with van der Waals surface area (Å²) in [6, 6.07) is 81.1. The van der Waals surface area contributed by atoms with Gasteiger partial charge in [0.15, 0.2) is 0 Å². The highest BCUT2D eigenvalue weighted by molar-refractivity contribution is 5.99. The molecular weight excluding hydrogens is 805 g/mol. The number of hydrogen-bond acceptors (Lipinski definition) is 2. The second-order valence-corrected chi connectivity index (χ2v) is 19.3. The summed E-state index contributed by atoms with van der Waals surface area (Å²) in [5.41, 5.74) is 8.51. The van der Waals surface area contributed by atoms with Crippen LogP contribution in [0, 0.1) is 22.7 Å². The Balaban J connectivity index is 0.866. The fourth-order valence-electron chi connectivity index (χ4n) is 13.1. The third-order valence-corrected chi connectivity index (χ3v) is 15.4. The van der Waals surface area contributed by atoms with E-state index in [0.717, 1.165) is 54.6 Å². The van der Waals surface area contributed by atoms with Gasteiger partial charge in [0.25, 0.3) is 0 Å². The molecule has 324 valence electrons. The fraction of sp³-hybridized carbons (Fsp3) is 0.194. The van der Waals surface area contributed by atoms with Gasteiger partial charge in [0.05, 0.1) is 21.7 Å². The summed E-state index contributed by atoms with van der Waals surface area (Å²) < 4.78 is 0. The summed E-state index contributed by atoms with van der Waals surface area (Å²) in [6.07, 6.45) is 4.98. The molecule has 8 aromatic carbocycles. The smallest absolute Gasteiger partial charge is 0.230 e. The van der Waals surface area contributed by atoms with Crippen LogP contribution in [0.15, 0.2) is 231 Å². The Bertz CT molecular complexity index is 2530. The Labute approximate surface area is 388 Å². The van der Waals surface area contributed by atoms with Gasteiger partial charge in [-0.05, 0) is 119 Å². The minimum atomic E-state index is -0.591. The summed E-state index contributed by atoms with van der Waals surface area (Å²) in [7, 11) is 0. The summed E-state index contributed by atoms with van der Waals surface area (Å²) in [5.74, 6) is 0.786. The van der Waals surface area contributed by atoms with Gasteiger partial charge in [0, 0.05) is 11.4 Å². The summed E-state index contributed by atoms with van der Waals surface area (Å²) in [4.78, 5) is 29.6. The predicted molar refractivity (Wildman–Crippen MR) is 266 cm³/mol. The molecule has 8 aromatic rings. The Kier molecular flexibility index (Phi) is 10.6. The van der Waals surface area contributed by atoms with Crippen molar-refractivity contribution in [3.05, 3.63) is 275 Å². The Morgan fingerprint density at radius 3 is 0.803 bits per heavy atom. The molecule has 0 saturated heterocycles. The van der Waals surface area contributed by atoms with Crippen LogP contribution < -0.4 is 10.6 Å². The van der Waals surface area contributed by atoms with Crippen LogP contribution >= 0.6 is 0 Å². The van der Waals surface area contributed by atoms with Gasteiger partial charge in [-0.25, -0.2) is 0 Å². The molecule has 4 nitrogen and oxygen atoms in total. The van der Waals surface area contributed by atoms with E-state index >= 15 is 0 Å². The van der Waals surface area contributed by atoms with E-state index in [0.29, 0.717) is 18.3 Å². The topological polar surface area (TPSA) is 58.2 Å². The van der Waals surface area contributed by atoms with Crippen molar-refractivity contribution in [2.24, 2.45) is 22.7 Å². The number of rotatable bonds is 12. The first-order valence-electron chi connectivity index (χ1n) is 23.6. The van der Waals surface area contributed by atoms with Crippen molar-refractivity contribution in [3.8, 4) is 0 Å². The molecule has 0 spiro atoms. The maximum atomic E-state index is 14.8. The summed E-state index contributed by atoms with van der Waals surface area (Å²) in [6.45, 7) is 0. The van der Waals surface area contributed by atoms with Gasteiger partial charge in [-0.3, -0.25) is 9.59 Å². The molecule has 0 aromatic heterocycles. The first-order valence-corrected chi connectivity index (χ1v) is 23.6. The predicted octanol–water partition coefficient (Wildman–Crippen LogP) is 13.6. The van der Waals surface area contributed by atoms with Gasteiger partial charge in [-0.2, -0.15) is 0 Å². The van der Waals surface area contributed by atoms with E-state index in [4.69, 9.17) is 0 Å². The number of carbonyl (C=O) groups excluding carboxylic acids is 2. The molecule has 4 bridgehead atoms. The number of hydrogen-bond donors (Lipinski definition) is 2. The van der Waals surface area contributed by atoms with Crippen molar-refractivity contribution in [3.63, 3.8) is 0 Å². The third-order valence-electron chi connectivity index (χ3n) is 15.4. The molecule has 66 heavy (non-hydrogen) atoms. The van der Waals surface area contributed by atoms with Crippen LogP contribution in [-0.4, -0.2) is 11.8 Å². The van der Waals surface area contributed by atoms with E-state index in [2.05, 4.69) is 241 Å². The first-order chi connectivity index (χ1) is 32.4. The fourth-order valence-corrected chi connectivity index (χ4v) is 13.1. The van der Waals surface area contributed by atoms with Crippen molar-refractivity contribution in [2.45, 2.75) is 49.4 Å². The molecule has 0 aliphatic heterocycles. The van der Waals surface area contributed by atoms with Crippen molar-refractivity contribution in [1.82, 2.24) is 0 Å². The zero-order chi connectivity index (χ0) is 44.6. The largest absolute Gasteiger partial charge is 0.326 e. The lowest BCUT2D eigenvalue weighted by Gasteiger charge is -2.60. The zero-order valence-electron chi connectivity index (χ0n) is 37.2. The molecule has 2 amide bonds. The van der Waals surface area contributed by atoms with Crippen LogP contribution in [-0.2, 0) is 20.4 Å². The number of carbonyl (C=O) groups is 2. The van der Waals surface area contributed by atoms with E-state index in [1.165, 1.54) is 33.4 Å². The van der Waals surface area contributed by atoms with E-state index in [9.17, 15) is 9.59 Å². The zero-order valence-corrected chi connectivity index (χ0v) is 37.2. The SMILES string of the molecule is O=C(Nc1ccc(C(c2ccccc2)(c2ccccc2)c2ccccc2)cc1)C12CC3CC(C1)CC(C(=O)Nc1ccc(C(c4ccccc4)(c4ccccc4)c4ccccc4)cc1)(C3)C2. The number of nitrogens with one attached hydrogen (secondary N) is 2. The minimum Gasteiger partial charge on any atom is -0.326 e. The van der Waals surface area contributed by atoms with Crippen LogP contribution in [0.5, 0.6) is 0 Å². The Morgan fingerprint density at radius 1 is 0.333 bits per heavy atom. The molecule has 0 heterocycles. The lowest BCUT2D eigenvalue weighted by molar-refractivity contribution is -0.161. The van der Waals surface area contributed by atoms with Crippen LogP contribution in [0.4, 0.5) is 11.4 Å². The van der Waals surface area contributed by atoms with E-state index in [1.807, 2.05) is 0 Å². The molecule has 12 rings (SSSR count). The second-order valence-electron chi connectivity index (χ2n) is 19.3. The standard InChI is InChI=1S/C62H54N2O2/c65-57(63-55-35-31-53(32-36-55)61(47-19-7-1-8-20-47,48-21-9-2-10-22-48)49-23-11-3-12-24-49)59-40-45-39-46(41-59)43-60(42-45,44-59)58(66)64-56-37-33-54(34-38-56)62(50-25-13-4-14-26-50,51-27-15-5-16-28-51)52-29-17-6-18-30-52/h1-38,45-46H,39-44H2,(H,63,65)(H,64,66). The van der Waals surface area contributed by atoms with Gasteiger partial charge >= 0.3 is 0 Å². The highest BCUT2D eigenvalue weighted by Crippen LogP contribution is 2.66. The van der Waals surface area contributed by atoms with Crippen LogP contribution in [0.25, 0.3) is 0 Å². The lowest BCUT2D eigenvalue weighted by Crippen LogP contribution is -2.59. The van der Waals surface area contributed by atoms with Crippen molar-refractivity contribution < 1.29 is 9.59 Å². The highest BCUT2D eigenvalue weighted by atomic mass is 16.2. The van der Waals surface area contributed by atoms with Gasteiger partial charge in [0.1, 0.15) is 0 Å². The maximum Gasteiger partial charge on any atom is 0.230 e. The van der Waals surface area contributed by atoms with Gasteiger partial charge in [0.2, 0.25) is 11.8 Å². The molecule has 4 aliphatic rings. The first kappa shape index (κ1) is 41.4. The normalized spacial score (nSPS) is 20.9. The maximum absolute atomic E-state index is 14.8. The van der Waals surface area contributed by atoms with Crippen molar-refractivity contribution in [1.29, 1.82) is 0 Å². The third kappa shape index (κ3) is 6.98. The average molecular weight is 859 g/mol. The molecule has 2 N–H and O–H groups in total. The molecule has 0 radical (unpaired) electrons. The number of anilines is 2. The summed E-state index contributed by atoms with van der Waals surface area (Å²) >= 11 is 0. The van der Waals surface area contributed by atoms with E-state index in [1.54, 1.807) is 0 Å². The Morgan fingerprint density at radius 2 is 0.561 bits per heavy atom. The molecule has 0 unspecified atom stereocenters. The van der Waals surface area contributed by atoms with Crippen molar-refractivity contribution >= 4 is 23.2 Å². The lowest BCUT2D eigenvalue weighted by atomic mass is 9.43. The van der Waals surface area contributed by atoms with Gasteiger partial charge < -0.3 is 10.6 Å². The number of benzene rings is 8. The Hall–Kier alpha value is -7.30. The average Bonchev–Trinajstić information content (AvgIpc) is 3.37. The second kappa shape index (κ2) is 16.9. The highest BCUT2D eigenvalue weighted by Gasteiger charge is 2.63. The quantitative estimate of drug-likeness (QED) is 0.120. The van der Waals surface area contributed by atoms with Gasteiger partial charge in [-0.1, -0.05) is 206 Å². The van der Waals surface area contributed by atoms with Crippen LogP contribution in [0.1, 0.15) is 83.0 Å². The minimum absolute atomic E-state index is 0.0467. The number of amides is 2. The van der Waals surface area contributed by atoms with E-state index in [-0.39, 0.29) is 11.8 Å².